The number of aliphatic imine (C=N–C) groups is 1. The fraction of sp³-hybridized carbons (Fsp3) is 0.407. The Labute approximate surface area is 232 Å². The fourth-order valence-electron chi connectivity index (χ4n) is 4.58. The summed E-state index contributed by atoms with van der Waals surface area (Å²) in [7, 11) is 4.37. The molecule has 0 unspecified atom stereocenters. The average Bonchev–Trinajstić information content (AvgIpc) is 3.19. The molecule has 0 fully saturated rings. The van der Waals surface area contributed by atoms with Crippen LogP contribution < -0.4 is 10.2 Å². The molecule has 2 amide bonds. The SMILES string of the molecule is CN1C(=O)C[C@@](C)(c2cccc(-n3c(N(C)C)nc4ccc(F)c(C(F)(F)F)c43)c2F)N=C1NC(=O)OC(C)(C)C. The number of hydrogen-bond acceptors (Lipinski definition) is 6. The molecule has 1 atom stereocenters. The fourth-order valence-corrected chi connectivity index (χ4v) is 4.58. The Balaban J connectivity index is 1.94. The van der Waals surface area contributed by atoms with Crippen LogP contribution in [0, 0.1) is 11.6 Å². The van der Waals surface area contributed by atoms with Gasteiger partial charge in [-0.1, -0.05) is 12.1 Å². The Morgan fingerprint density at radius 1 is 1.12 bits per heavy atom. The molecule has 1 aliphatic heterocycles. The maximum atomic E-state index is 16.5. The number of alkyl halides is 3. The number of amides is 2. The highest BCUT2D eigenvalue weighted by Crippen LogP contribution is 2.42. The molecule has 0 saturated heterocycles. The van der Waals surface area contributed by atoms with Gasteiger partial charge in [-0.2, -0.15) is 13.2 Å². The summed E-state index contributed by atoms with van der Waals surface area (Å²) in [6.07, 6.45) is -6.33. The first-order valence-electron chi connectivity index (χ1n) is 12.5. The van der Waals surface area contributed by atoms with Crippen molar-refractivity contribution in [1.82, 2.24) is 19.8 Å². The van der Waals surface area contributed by atoms with Gasteiger partial charge < -0.3 is 9.64 Å². The minimum atomic E-state index is -5.11. The van der Waals surface area contributed by atoms with Crippen molar-refractivity contribution in [3.05, 3.63) is 53.1 Å². The van der Waals surface area contributed by atoms with Crippen LogP contribution in [0.1, 0.15) is 45.2 Å². The quantitative estimate of drug-likeness (QED) is 0.422. The lowest BCUT2D eigenvalue weighted by molar-refractivity contribution is -0.138. The number of nitrogens with zero attached hydrogens (tertiary/aromatic N) is 5. The summed E-state index contributed by atoms with van der Waals surface area (Å²) in [6, 6.07) is 5.69. The zero-order valence-corrected chi connectivity index (χ0v) is 23.4. The van der Waals surface area contributed by atoms with Crippen LogP contribution in [-0.4, -0.2) is 59.2 Å². The van der Waals surface area contributed by atoms with E-state index in [1.54, 1.807) is 20.8 Å². The third-order valence-corrected chi connectivity index (χ3v) is 6.39. The van der Waals surface area contributed by atoms with Gasteiger partial charge in [-0.15, -0.1) is 0 Å². The normalized spacial score (nSPS) is 18.0. The molecule has 1 N–H and O–H groups in total. The Bertz CT molecular complexity index is 1570. The number of carbonyl (C=O) groups excluding carboxylic acids is 2. The Hall–Kier alpha value is -4.23. The van der Waals surface area contributed by atoms with Gasteiger partial charge in [0.2, 0.25) is 17.8 Å². The number of fused-ring (bicyclic) bond motifs is 1. The zero-order valence-electron chi connectivity index (χ0n) is 23.4. The van der Waals surface area contributed by atoms with Gasteiger partial charge in [-0.05, 0) is 45.9 Å². The van der Waals surface area contributed by atoms with Crippen molar-refractivity contribution in [3.63, 3.8) is 0 Å². The molecule has 3 aromatic rings. The predicted molar refractivity (Wildman–Crippen MR) is 142 cm³/mol. The molecule has 2 aromatic carbocycles. The molecule has 0 saturated carbocycles. The number of alkyl carbamates (subject to hydrolysis) is 1. The minimum Gasteiger partial charge on any atom is -0.444 e. The predicted octanol–water partition coefficient (Wildman–Crippen LogP) is 5.35. The summed E-state index contributed by atoms with van der Waals surface area (Å²) < 4.78 is 79.4. The number of benzene rings is 2. The molecule has 9 nitrogen and oxygen atoms in total. The van der Waals surface area contributed by atoms with E-state index in [1.165, 1.54) is 51.2 Å². The number of carbonyl (C=O) groups is 2. The van der Waals surface area contributed by atoms with E-state index < -0.39 is 52.0 Å². The van der Waals surface area contributed by atoms with E-state index in [4.69, 9.17) is 4.74 Å². The highest BCUT2D eigenvalue weighted by Gasteiger charge is 2.42. The summed E-state index contributed by atoms with van der Waals surface area (Å²) in [4.78, 5) is 36.5. The van der Waals surface area contributed by atoms with E-state index in [9.17, 15) is 27.2 Å². The number of ether oxygens (including phenoxy) is 1. The number of nitrogens with one attached hydrogen (secondary N) is 1. The summed E-state index contributed by atoms with van der Waals surface area (Å²) in [5, 5.41) is 2.40. The van der Waals surface area contributed by atoms with Crippen LogP contribution in [0.4, 0.5) is 32.7 Å². The number of hydrogen-bond donors (Lipinski definition) is 1. The molecule has 220 valence electrons. The second-order valence-corrected chi connectivity index (χ2v) is 11.0. The Kier molecular flexibility index (Phi) is 7.25. The molecule has 0 radical (unpaired) electrons. The van der Waals surface area contributed by atoms with E-state index in [-0.39, 0.29) is 35.1 Å². The molecule has 4 rings (SSSR count). The number of imidazole rings is 1. The topological polar surface area (TPSA) is 92.1 Å². The van der Waals surface area contributed by atoms with Gasteiger partial charge in [0.25, 0.3) is 0 Å². The van der Waals surface area contributed by atoms with Crippen LogP contribution in [0.25, 0.3) is 16.7 Å². The molecule has 0 aliphatic carbocycles. The highest BCUT2D eigenvalue weighted by molar-refractivity contribution is 6.05. The molecule has 1 aliphatic rings. The highest BCUT2D eigenvalue weighted by atomic mass is 19.4. The number of rotatable bonds is 3. The third kappa shape index (κ3) is 5.55. The molecular weight excluding hydrogens is 551 g/mol. The number of anilines is 1. The first-order valence-corrected chi connectivity index (χ1v) is 12.5. The summed E-state index contributed by atoms with van der Waals surface area (Å²) in [5.74, 6) is -3.35. The maximum Gasteiger partial charge on any atom is 0.421 e. The van der Waals surface area contributed by atoms with E-state index in [0.717, 1.165) is 15.5 Å². The maximum absolute atomic E-state index is 16.5. The first-order chi connectivity index (χ1) is 18.8. The van der Waals surface area contributed by atoms with Crippen molar-refractivity contribution in [2.75, 3.05) is 26.0 Å². The molecule has 14 heteroatoms. The van der Waals surface area contributed by atoms with Crippen molar-refractivity contribution >= 4 is 34.9 Å². The van der Waals surface area contributed by atoms with Crippen molar-refractivity contribution in [1.29, 1.82) is 0 Å². The van der Waals surface area contributed by atoms with Crippen LogP contribution in [-0.2, 0) is 21.2 Å². The smallest absolute Gasteiger partial charge is 0.421 e. The molecule has 41 heavy (non-hydrogen) atoms. The first kappa shape index (κ1) is 29.7. The van der Waals surface area contributed by atoms with Crippen molar-refractivity contribution in [3.8, 4) is 5.69 Å². The molecule has 0 bridgehead atoms. The van der Waals surface area contributed by atoms with Gasteiger partial charge >= 0.3 is 12.3 Å². The van der Waals surface area contributed by atoms with Crippen molar-refractivity contribution in [2.24, 2.45) is 4.99 Å². The minimum absolute atomic E-state index is 0.0902. The van der Waals surface area contributed by atoms with E-state index >= 15 is 4.39 Å². The van der Waals surface area contributed by atoms with Gasteiger partial charge in [-0.25, -0.2) is 23.6 Å². The number of halogens is 5. The van der Waals surface area contributed by atoms with Gasteiger partial charge in [0, 0.05) is 26.7 Å². The second kappa shape index (κ2) is 10.00. The lowest BCUT2D eigenvalue weighted by atomic mass is 9.86. The summed E-state index contributed by atoms with van der Waals surface area (Å²) in [6.45, 7) is 6.39. The Morgan fingerprint density at radius 3 is 2.37 bits per heavy atom. The third-order valence-electron chi connectivity index (χ3n) is 6.39. The molecule has 0 spiro atoms. The molecule has 2 heterocycles. The van der Waals surface area contributed by atoms with Crippen LogP contribution in [0.15, 0.2) is 35.3 Å². The van der Waals surface area contributed by atoms with Gasteiger partial charge in [0.1, 0.15) is 17.0 Å². The van der Waals surface area contributed by atoms with E-state index in [1.807, 2.05) is 0 Å². The monoisotopic (exact) mass is 580 g/mol. The number of aromatic nitrogens is 2. The summed E-state index contributed by atoms with van der Waals surface area (Å²) >= 11 is 0. The standard InChI is InChI=1S/C27H29F5N6O3/c1-25(2,3)41-24(40)34-22-35-26(4,13-18(39)37(22)7)14-9-8-10-17(20(14)29)38-21-16(33-23(38)36(5)6)12-11-15(28)19(21)27(30,31)32/h8-12H,13H2,1-7H3,(H,34,35,40)/t26-/m0/s1. The summed E-state index contributed by atoms with van der Waals surface area (Å²) in [5.41, 5.74) is -5.40. The van der Waals surface area contributed by atoms with Gasteiger partial charge in [0.05, 0.1) is 28.7 Å². The van der Waals surface area contributed by atoms with Crippen LogP contribution in [0.5, 0.6) is 0 Å². The Morgan fingerprint density at radius 2 is 1.78 bits per heavy atom. The largest absolute Gasteiger partial charge is 0.444 e. The molecular formula is C27H29F5N6O3. The van der Waals surface area contributed by atoms with Gasteiger partial charge in [-0.3, -0.25) is 19.6 Å². The number of guanidine groups is 1. The lowest BCUT2D eigenvalue weighted by Crippen LogP contribution is -2.52. The van der Waals surface area contributed by atoms with E-state index in [0.29, 0.717) is 6.07 Å². The molecule has 1 aromatic heterocycles. The van der Waals surface area contributed by atoms with Crippen LogP contribution in [0.3, 0.4) is 0 Å². The average molecular weight is 581 g/mol. The lowest BCUT2D eigenvalue weighted by Gasteiger charge is -2.35. The van der Waals surface area contributed by atoms with E-state index in [2.05, 4.69) is 15.3 Å². The van der Waals surface area contributed by atoms with Crippen molar-refractivity contribution < 1.29 is 36.3 Å². The van der Waals surface area contributed by atoms with Gasteiger partial charge in [0.15, 0.2) is 5.82 Å². The second-order valence-electron chi connectivity index (χ2n) is 11.0. The zero-order chi connectivity index (χ0) is 30.7. The van der Waals surface area contributed by atoms with Crippen LogP contribution in [0.2, 0.25) is 0 Å². The van der Waals surface area contributed by atoms with Crippen LogP contribution >= 0.6 is 0 Å². The van der Waals surface area contributed by atoms with Crippen molar-refractivity contribution in [2.45, 2.75) is 51.4 Å².